The number of benzene rings is 1. The average molecular weight is 580 g/mol. The van der Waals surface area contributed by atoms with Crippen molar-refractivity contribution in [2.75, 3.05) is 18.0 Å². The van der Waals surface area contributed by atoms with Crippen molar-refractivity contribution >= 4 is 11.8 Å². The number of nitrogens with zero attached hydrogens (tertiary/aromatic N) is 3. The summed E-state index contributed by atoms with van der Waals surface area (Å²) in [7, 11) is 0. The Hall–Kier alpha value is -3.57. The molecule has 6 rings (SSSR count). The summed E-state index contributed by atoms with van der Waals surface area (Å²) in [6, 6.07) is 6.82. The Balaban J connectivity index is 1.16. The van der Waals surface area contributed by atoms with Gasteiger partial charge in [-0.25, -0.2) is 9.78 Å². The molecule has 0 unspecified atom stereocenters. The molecule has 3 heterocycles. The molecule has 0 amide bonds. The van der Waals surface area contributed by atoms with Crippen LogP contribution in [0.3, 0.4) is 0 Å². The van der Waals surface area contributed by atoms with E-state index in [4.69, 9.17) is 4.52 Å². The third-order valence-electron chi connectivity index (χ3n) is 8.70. The summed E-state index contributed by atoms with van der Waals surface area (Å²) in [5.74, 6) is -0.450. The molecule has 0 atom stereocenters. The Bertz CT molecular complexity index is 1460. The zero-order valence-corrected chi connectivity index (χ0v) is 21.9. The molecule has 1 saturated heterocycles. The summed E-state index contributed by atoms with van der Waals surface area (Å²) < 4.78 is 87.0. The topological polar surface area (TPSA) is 79.5 Å². The van der Waals surface area contributed by atoms with Crippen LogP contribution < -0.4 is 4.90 Å². The summed E-state index contributed by atoms with van der Waals surface area (Å²) in [4.78, 5) is 17.0. The highest BCUT2D eigenvalue weighted by molar-refractivity contribution is 5.86. The molecular weight excluding hydrogens is 552 g/mol. The fourth-order valence-electron chi connectivity index (χ4n) is 6.50. The quantitative estimate of drug-likeness (QED) is 0.303. The highest BCUT2D eigenvalue weighted by atomic mass is 19.4. The number of carboxylic acid groups (broad SMARTS) is 1. The molecule has 1 aromatic carbocycles. The molecule has 2 aromatic heterocycles. The first-order chi connectivity index (χ1) is 19.3. The van der Waals surface area contributed by atoms with E-state index in [9.17, 15) is 36.2 Å². The number of rotatable bonds is 6. The number of halogens is 6. The van der Waals surface area contributed by atoms with E-state index in [-0.39, 0.29) is 34.3 Å². The molecule has 2 saturated carbocycles. The molecule has 12 heteroatoms. The molecule has 0 radical (unpaired) electrons. The molecule has 2 aliphatic carbocycles. The molecule has 3 aromatic rings. The second kappa shape index (κ2) is 9.77. The van der Waals surface area contributed by atoms with Gasteiger partial charge in [-0.2, -0.15) is 26.3 Å². The average Bonchev–Trinajstić information content (AvgIpc) is 3.66. The van der Waals surface area contributed by atoms with E-state index in [0.29, 0.717) is 44.2 Å². The summed E-state index contributed by atoms with van der Waals surface area (Å²) in [5.41, 5.74) is -1.45. The molecule has 3 aliphatic rings. The number of pyridine rings is 1. The maximum atomic E-state index is 13.8. The molecule has 218 valence electrons. The summed E-state index contributed by atoms with van der Waals surface area (Å²) in [6.07, 6.45) is -3.75. The van der Waals surface area contributed by atoms with E-state index < -0.39 is 35.1 Å². The monoisotopic (exact) mass is 579 g/mol. The largest absolute Gasteiger partial charge is 0.477 e. The Morgan fingerprint density at radius 3 is 2.32 bits per heavy atom. The second-order valence-electron chi connectivity index (χ2n) is 11.6. The smallest absolute Gasteiger partial charge is 0.417 e. The van der Waals surface area contributed by atoms with Gasteiger partial charge in [0.05, 0.1) is 11.1 Å². The molecule has 3 fully saturated rings. The van der Waals surface area contributed by atoms with Crippen LogP contribution in [0.5, 0.6) is 0 Å². The van der Waals surface area contributed by atoms with Crippen LogP contribution in [0.4, 0.5) is 32.2 Å². The van der Waals surface area contributed by atoms with Crippen molar-refractivity contribution in [1.82, 2.24) is 10.1 Å². The van der Waals surface area contributed by atoms with E-state index in [2.05, 4.69) is 10.1 Å². The van der Waals surface area contributed by atoms with E-state index in [1.54, 1.807) is 11.0 Å². The fourth-order valence-corrected chi connectivity index (χ4v) is 6.50. The first-order valence-electron chi connectivity index (χ1n) is 13.6. The van der Waals surface area contributed by atoms with Gasteiger partial charge in [-0.3, -0.25) is 0 Å². The SMILES string of the molecule is O=C(O)c1cc(C(F)(F)F)cc(N2CCC3(CC2)CC(Cc2c(-c4ccccc4C(F)(F)F)noc2C2CC2)C3)n1. The van der Waals surface area contributed by atoms with Gasteiger partial charge in [-0.15, -0.1) is 0 Å². The molecule has 6 nitrogen and oxygen atoms in total. The highest BCUT2D eigenvalue weighted by Gasteiger charge is 2.47. The predicted molar refractivity (Wildman–Crippen MR) is 135 cm³/mol. The Morgan fingerprint density at radius 1 is 1.02 bits per heavy atom. The Kier molecular flexibility index (Phi) is 6.57. The lowest BCUT2D eigenvalue weighted by Crippen LogP contribution is -2.48. The van der Waals surface area contributed by atoms with Gasteiger partial charge in [0.1, 0.15) is 17.3 Å². The summed E-state index contributed by atoms with van der Waals surface area (Å²) in [5, 5.41) is 13.4. The van der Waals surface area contributed by atoms with Gasteiger partial charge in [0.25, 0.3) is 0 Å². The number of piperidine rings is 1. The maximum absolute atomic E-state index is 13.8. The van der Waals surface area contributed by atoms with Crippen LogP contribution in [0, 0.1) is 11.3 Å². The number of carbonyl (C=O) groups is 1. The third kappa shape index (κ3) is 5.40. The number of anilines is 1. The molecule has 0 bridgehead atoms. The normalized spacial score (nSPS) is 19.4. The Labute approximate surface area is 231 Å². The lowest BCUT2D eigenvalue weighted by atomic mass is 9.56. The number of aromatic nitrogens is 2. The molecule has 1 N–H and O–H groups in total. The zero-order chi connectivity index (χ0) is 29.2. The third-order valence-corrected chi connectivity index (χ3v) is 8.70. The van der Waals surface area contributed by atoms with Crippen molar-refractivity contribution in [3.05, 3.63) is 64.5 Å². The van der Waals surface area contributed by atoms with Crippen LogP contribution in [0.25, 0.3) is 11.3 Å². The van der Waals surface area contributed by atoms with Gasteiger partial charge in [-0.1, -0.05) is 23.4 Å². The minimum absolute atomic E-state index is 0.00512. The van der Waals surface area contributed by atoms with Gasteiger partial charge < -0.3 is 14.5 Å². The number of aromatic carboxylic acids is 1. The maximum Gasteiger partial charge on any atom is 0.417 e. The van der Waals surface area contributed by atoms with Gasteiger partial charge in [0, 0.05) is 30.1 Å². The summed E-state index contributed by atoms with van der Waals surface area (Å²) >= 11 is 0. The van der Waals surface area contributed by atoms with Crippen LogP contribution in [0.15, 0.2) is 40.9 Å². The highest BCUT2D eigenvalue weighted by Crippen LogP contribution is 2.55. The number of alkyl halides is 6. The van der Waals surface area contributed by atoms with Crippen molar-refractivity contribution in [2.24, 2.45) is 11.3 Å². The number of carboxylic acids is 1. The van der Waals surface area contributed by atoms with Crippen molar-refractivity contribution in [2.45, 2.75) is 63.2 Å². The van der Waals surface area contributed by atoms with Gasteiger partial charge in [0.2, 0.25) is 0 Å². The first kappa shape index (κ1) is 27.6. The van der Waals surface area contributed by atoms with Crippen LogP contribution in [0.1, 0.15) is 77.4 Å². The summed E-state index contributed by atoms with van der Waals surface area (Å²) in [6.45, 7) is 0.871. The first-order valence-corrected chi connectivity index (χ1v) is 13.6. The Morgan fingerprint density at radius 2 is 1.71 bits per heavy atom. The van der Waals surface area contributed by atoms with Crippen LogP contribution in [-0.2, 0) is 18.8 Å². The molecule has 41 heavy (non-hydrogen) atoms. The van der Waals surface area contributed by atoms with E-state index >= 15 is 0 Å². The lowest BCUT2D eigenvalue weighted by Gasteiger charge is -2.52. The minimum atomic E-state index is -4.69. The van der Waals surface area contributed by atoms with Gasteiger partial charge in [-0.05, 0) is 74.5 Å². The van der Waals surface area contributed by atoms with Crippen molar-refractivity contribution in [3.8, 4) is 11.3 Å². The van der Waals surface area contributed by atoms with Crippen LogP contribution >= 0.6 is 0 Å². The standard InChI is InChI=1S/C29H27F6N3O3/c30-28(31,32)18-12-22(26(39)40)36-23(13-18)38-9-7-27(8-10-38)14-16(15-27)11-20-24(37-41-25(20)17-5-6-17)19-3-1-2-4-21(19)29(33,34)35/h1-4,12-13,16-17H,5-11,14-15H2,(H,39,40). The van der Waals surface area contributed by atoms with Crippen LogP contribution in [-0.4, -0.2) is 34.3 Å². The number of hydrogen-bond acceptors (Lipinski definition) is 5. The lowest BCUT2D eigenvalue weighted by molar-refractivity contribution is -0.138. The van der Waals surface area contributed by atoms with Gasteiger partial charge in [0.15, 0.2) is 5.69 Å². The van der Waals surface area contributed by atoms with E-state index in [1.165, 1.54) is 12.1 Å². The van der Waals surface area contributed by atoms with Crippen molar-refractivity contribution in [1.29, 1.82) is 0 Å². The molecular formula is C29H27F6N3O3. The van der Waals surface area contributed by atoms with Crippen molar-refractivity contribution < 1.29 is 40.8 Å². The second-order valence-corrected chi connectivity index (χ2v) is 11.6. The number of hydrogen-bond donors (Lipinski definition) is 1. The van der Waals surface area contributed by atoms with E-state index in [1.807, 2.05) is 0 Å². The zero-order valence-electron chi connectivity index (χ0n) is 21.9. The molecule has 1 spiro atoms. The predicted octanol–water partition coefficient (Wildman–Crippen LogP) is 7.59. The molecule has 1 aliphatic heterocycles. The van der Waals surface area contributed by atoms with Crippen LogP contribution in [0.2, 0.25) is 0 Å². The van der Waals surface area contributed by atoms with E-state index in [0.717, 1.165) is 43.4 Å². The fraction of sp³-hybridized carbons (Fsp3) is 0.483. The minimum Gasteiger partial charge on any atom is -0.477 e. The van der Waals surface area contributed by atoms with Crippen molar-refractivity contribution in [3.63, 3.8) is 0 Å². The van der Waals surface area contributed by atoms with Gasteiger partial charge >= 0.3 is 18.3 Å².